The molecule has 0 saturated heterocycles. The summed E-state index contributed by atoms with van der Waals surface area (Å²) in [5.41, 5.74) is 0.0825. The molecule has 0 saturated carbocycles. The molecule has 21 heavy (non-hydrogen) atoms. The minimum absolute atomic E-state index is 0.0137. The lowest BCUT2D eigenvalue weighted by Crippen LogP contribution is -2.20. The molecule has 2 aromatic carbocycles. The molecule has 0 spiro atoms. The Hall–Kier alpha value is -3.22. The molecule has 2 rings (SSSR count). The molecule has 0 bridgehead atoms. The van der Waals surface area contributed by atoms with E-state index in [-0.39, 0.29) is 11.1 Å². The Morgan fingerprint density at radius 2 is 1.33 bits per heavy atom. The summed E-state index contributed by atoms with van der Waals surface area (Å²) >= 11 is 0. The number of carbonyl (C=O) groups excluding carboxylic acids is 2. The number of hydrogen-bond donors (Lipinski definition) is 2. The van der Waals surface area contributed by atoms with Gasteiger partial charge >= 0.3 is 23.9 Å². The van der Waals surface area contributed by atoms with E-state index in [1.165, 1.54) is 36.4 Å². The van der Waals surface area contributed by atoms with E-state index in [1.54, 1.807) is 0 Å². The van der Waals surface area contributed by atoms with E-state index < -0.39 is 23.9 Å². The first-order valence-corrected chi connectivity index (χ1v) is 5.65. The third-order valence-electron chi connectivity index (χ3n) is 2.68. The van der Waals surface area contributed by atoms with Gasteiger partial charge in [-0.3, -0.25) is 0 Å². The number of carbonyl (C=O) groups is 4. The number of esters is 2. The monoisotopic (exact) mass is 288 g/mol. The van der Waals surface area contributed by atoms with Gasteiger partial charge < -0.3 is 14.9 Å². The summed E-state index contributed by atoms with van der Waals surface area (Å²) in [4.78, 5) is 43.5. The normalized spacial score (nSPS) is 10.1. The molecule has 0 aromatic heterocycles. The van der Waals surface area contributed by atoms with Crippen LogP contribution in [-0.4, -0.2) is 34.1 Å². The van der Waals surface area contributed by atoms with Gasteiger partial charge in [-0.2, -0.15) is 0 Å². The first-order valence-electron chi connectivity index (χ1n) is 5.65. The third kappa shape index (κ3) is 3.03. The molecule has 0 heterocycles. The summed E-state index contributed by atoms with van der Waals surface area (Å²) in [5.74, 6) is -5.70. The van der Waals surface area contributed by atoms with Crippen LogP contribution in [-0.2, 0) is 14.3 Å². The lowest BCUT2D eigenvalue weighted by atomic mass is 10.0. The third-order valence-corrected chi connectivity index (χ3v) is 2.68. The minimum Gasteiger partial charge on any atom is -0.478 e. The number of rotatable bonds is 2. The summed E-state index contributed by atoms with van der Waals surface area (Å²) in [5, 5.41) is 18.4. The molecule has 106 valence electrons. The van der Waals surface area contributed by atoms with Gasteiger partial charge in [0.25, 0.3) is 0 Å². The molecule has 0 aliphatic carbocycles. The quantitative estimate of drug-likeness (QED) is 0.485. The summed E-state index contributed by atoms with van der Waals surface area (Å²) in [6.45, 7) is 0. The second kappa shape index (κ2) is 5.41. The lowest BCUT2D eigenvalue weighted by Gasteiger charge is -2.03. The molecule has 0 unspecified atom stereocenters. The maximum atomic E-state index is 11.6. The average molecular weight is 288 g/mol. The number of hydrogen-bond acceptors (Lipinski definition) is 5. The number of carboxylic acids is 2. The fourth-order valence-electron chi connectivity index (χ4n) is 1.69. The van der Waals surface area contributed by atoms with Crippen LogP contribution in [0.1, 0.15) is 20.7 Å². The predicted molar refractivity (Wildman–Crippen MR) is 69.0 cm³/mol. The van der Waals surface area contributed by atoms with Crippen molar-refractivity contribution in [1.29, 1.82) is 0 Å². The van der Waals surface area contributed by atoms with Crippen LogP contribution < -0.4 is 0 Å². The van der Waals surface area contributed by atoms with Gasteiger partial charge in [0.2, 0.25) is 0 Å². The Labute approximate surface area is 117 Å². The van der Waals surface area contributed by atoms with Crippen LogP contribution in [0.4, 0.5) is 0 Å². The first kappa shape index (κ1) is 14.2. The molecule has 7 heteroatoms. The Bertz CT molecular complexity index is 776. The topological polar surface area (TPSA) is 118 Å². The molecule has 2 N–H and O–H groups in total. The number of aromatic carboxylic acids is 1. The zero-order valence-corrected chi connectivity index (χ0v) is 10.4. The molecular weight excluding hydrogens is 280 g/mol. The maximum Gasteiger partial charge on any atom is 0.425 e. The van der Waals surface area contributed by atoms with Crippen molar-refractivity contribution < 1.29 is 34.1 Å². The summed E-state index contributed by atoms with van der Waals surface area (Å²) in [6, 6.07) is 8.44. The summed E-state index contributed by atoms with van der Waals surface area (Å²) in [6.07, 6.45) is 0. The van der Waals surface area contributed by atoms with Gasteiger partial charge in [-0.1, -0.05) is 12.1 Å². The second-order valence-electron chi connectivity index (χ2n) is 4.06. The molecule has 0 atom stereocenters. The van der Waals surface area contributed by atoms with E-state index in [1.807, 2.05) is 0 Å². The van der Waals surface area contributed by atoms with Gasteiger partial charge in [-0.25, -0.2) is 19.2 Å². The van der Waals surface area contributed by atoms with E-state index >= 15 is 0 Å². The van der Waals surface area contributed by atoms with Crippen molar-refractivity contribution in [3.05, 3.63) is 47.5 Å². The molecule has 0 amide bonds. The van der Waals surface area contributed by atoms with Gasteiger partial charge in [-0.15, -0.1) is 0 Å². The Kier molecular flexibility index (Phi) is 3.66. The van der Waals surface area contributed by atoms with Gasteiger partial charge in [0.1, 0.15) is 0 Å². The van der Waals surface area contributed by atoms with Gasteiger partial charge in [0.15, 0.2) is 0 Å². The summed E-state index contributed by atoms with van der Waals surface area (Å²) < 4.78 is 4.14. The predicted octanol–water partition coefficient (Wildman–Crippen LogP) is 1.31. The van der Waals surface area contributed by atoms with Crippen molar-refractivity contribution in [3.63, 3.8) is 0 Å². The number of aliphatic carboxylic acids is 1. The first-order chi connectivity index (χ1) is 9.88. The molecular formula is C14H8O7. The Balaban J connectivity index is 2.33. The molecule has 0 aliphatic heterocycles. The highest BCUT2D eigenvalue weighted by molar-refractivity contribution is 6.31. The SMILES string of the molecule is O=C(O)C(=O)OC(=O)c1ccc2cc(C(=O)O)ccc2c1. The summed E-state index contributed by atoms with van der Waals surface area (Å²) in [7, 11) is 0. The number of fused-ring (bicyclic) bond motifs is 1. The van der Waals surface area contributed by atoms with E-state index in [2.05, 4.69) is 4.74 Å². The zero-order chi connectivity index (χ0) is 15.6. The van der Waals surface area contributed by atoms with E-state index in [0.717, 1.165) is 0 Å². The van der Waals surface area contributed by atoms with Crippen molar-refractivity contribution in [1.82, 2.24) is 0 Å². The van der Waals surface area contributed by atoms with Crippen LogP contribution in [0.5, 0.6) is 0 Å². The van der Waals surface area contributed by atoms with Crippen molar-refractivity contribution in [2.45, 2.75) is 0 Å². The Morgan fingerprint density at radius 1 is 0.810 bits per heavy atom. The van der Waals surface area contributed by atoms with E-state index in [0.29, 0.717) is 10.8 Å². The second-order valence-corrected chi connectivity index (χ2v) is 4.06. The fourth-order valence-corrected chi connectivity index (χ4v) is 1.69. The molecule has 2 aromatic rings. The molecule has 0 radical (unpaired) electrons. The van der Waals surface area contributed by atoms with Crippen LogP contribution >= 0.6 is 0 Å². The average Bonchev–Trinajstić information content (AvgIpc) is 2.45. The largest absolute Gasteiger partial charge is 0.478 e. The smallest absolute Gasteiger partial charge is 0.425 e. The van der Waals surface area contributed by atoms with Gasteiger partial charge in [0.05, 0.1) is 11.1 Å². The van der Waals surface area contributed by atoms with Crippen LogP contribution in [0.3, 0.4) is 0 Å². The maximum absolute atomic E-state index is 11.6. The molecule has 0 fully saturated rings. The minimum atomic E-state index is -1.87. The van der Waals surface area contributed by atoms with Crippen molar-refractivity contribution in [2.24, 2.45) is 0 Å². The van der Waals surface area contributed by atoms with Crippen LogP contribution in [0, 0.1) is 0 Å². The standard InChI is InChI=1S/C14H8O7/c15-11(16)9-3-1-8-6-10(4-2-7(8)5-9)13(19)21-14(20)12(17)18/h1-6H,(H,15,16)(H,17,18). The molecule has 7 nitrogen and oxygen atoms in total. The zero-order valence-electron chi connectivity index (χ0n) is 10.4. The lowest BCUT2D eigenvalue weighted by molar-refractivity contribution is -0.160. The number of ether oxygens (including phenoxy) is 1. The van der Waals surface area contributed by atoms with Gasteiger partial charge in [-0.05, 0) is 35.0 Å². The van der Waals surface area contributed by atoms with Crippen molar-refractivity contribution in [2.75, 3.05) is 0 Å². The van der Waals surface area contributed by atoms with E-state index in [4.69, 9.17) is 10.2 Å². The fraction of sp³-hybridized carbons (Fsp3) is 0. The van der Waals surface area contributed by atoms with E-state index in [9.17, 15) is 19.2 Å². The van der Waals surface area contributed by atoms with Crippen LogP contribution in [0.15, 0.2) is 36.4 Å². The van der Waals surface area contributed by atoms with Crippen molar-refractivity contribution >= 4 is 34.6 Å². The Morgan fingerprint density at radius 3 is 1.86 bits per heavy atom. The van der Waals surface area contributed by atoms with Crippen LogP contribution in [0.2, 0.25) is 0 Å². The highest BCUT2D eigenvalue weighted by atomic mass is 16.6. The van der Waals surface area contributed by atoms with Gasteiger partial charge in [0, 0.05) is 0 Å². The molecule has 0 aliphatic rings. The number of carboxylic acid groups (broad SMARTS) is 2. The highest BCUT2D eigenvalue weighted by Crippen LogP contribution is 2.18. The van der Waals surface area contributed by atoms with Crippen LogP contribution in [0.25, 0.3) is 10.8 Å². The highest BCUT2D eigenvalue weighted by Gasteiger charge is 2.19. The van der Waals surface area contributed by atoms with Crippen molar-refractivity contribution in [3.8, 4) is 0 Å². The number of benzene rings is 2.